The average Bonchev–Trinajstić information content (AvgIpc) is 2.90. The standard InChI is InChI=1S/C17H28N4/c1-6-12-19-13(18)10(2)14(20-12)21-15-16(3,4)11-7-8-17(15,5)9-11/h11,15H,6-9H2,1-5H3,(H3,18,19,20,21). The minimum absolute atomic E-state index is 0.311. The first-order valence-corrected chi connectivity index (χ1v) is 8.17. The molecular weight excluding hydrogens is 260 g/mol. The highest BCUT2D eigenvalue weighted by atomic mass is 15.1. The molecule has 3 unspecified atom stereocenters. The van der Waals surface area contributed by atoms with E-state index in [0.29, 0.717) is 22.7 Å². The van der Waals surface area contributed by atoms with E-state index in [-0.39, 0.29) is 0 Å². The Morgan fingerprint density at radius 2 is 2.00 bits per heavy atom. The Balaban J connectivity index is 1.95. The van der Waals surface area contributed by atoms with Crippen LogP contribution >= 0.6 is 0 Å². The Morgan fingerprint density at radius 3 is 2.57 bits per heavy atom. The molecule has 1 aromatic heterocycles. The molecule has 2 aliphatic carbocycles. The van der Waals surface area contributed by atoms with E-state index in [4.69, 9.17) is 10.7 Å². The molecule has 3 rings (SSSR count). The second-order valence-electron chi connectivity index (χ2n) is 7.84. The Bertz CT molecular complexity index is 561. The van der Waals surface area contributed by atoms with Gasteiger partial charge >= 0.3 is 0 Å². The van der Waals surface area contributed by atoms with Crippen LogP contribution in [-0.4, -0.2) is 16.0 Å². The molecule has 1 heterocycles. The second-order valence-corrected chi connectivity index (χ2v) is 7.84. The summed E-state index contributed by atoms with van der Waals surface area (Å²) in [5.74, 6) is 3.19. The highest BCUT2D eigenvalue weighted by Crippen LogP contribution is 2.63. The number of rotatable bonds is 3. The summed E-state index contributed by atoms with van der Waals surface area (Å²) in [4.78, 5) is 9.05. The molecule has 0 aliphatic heterocycles. The van der Waals surface area contributed by atoms with Crippen molar-refractivity contribution in [3.8, 4) is 0 Å². The molecule has 3 N–H and O–H groups in total. The molecule has 21 heavy (non-hydrogen) atoms. The average molecular weight is 288 g/mol. The maximum Gasteiger partial charge on any atom is 0.135 e. The molecule has 0 spiro atoms. The zero-order valence-corrected chi connectivity index (χ0v) is 14.0. The van der Waals surface area contributed by atoms with Crippen molar-refractivity contribution < 1.29 is 0 Å². The summed E-state index contributed by atoms with van der Waals surface area (Å²) in [5, 5.41) is 3.76. The van der Waals surface area contributed by atoms with E-state index in [2.05, 4.69) is 38.0 Å². The van der Waals surface area contributed by atoms with Crippen LogP contribution in [0.15, 0.2) is 0 Å². The van der Waals surface area contributed by atoms with Crippen molar-refractivity contribution in [1.29, 1.82) is 0 Å². The summed E-state index contributed by atoms with van der Waals surface area (Å²) < 4.78 is 0. The lowest BCUT2D eigenvalue weighted by Gasteiger charge is -2.43. The van der Waals surface area contributed by atoms with Crippen molar-refractivity contribution in [2.45, 2.75) is 66.3 Å². The lowest BCUT2D eigenvalue weighted by molar-refractivity contribution is 0.155. The molecule has 0 saturated heterocycles. The number of aromatic nitrogens is 2. The van der Waals surface area contributed by atoms with Crippen molar-refractivity contribution in [2.24, 2.45) is 16.7 Å². The van der Waals surface area contributed by atoms with Crippen molar-refractivity contribution >= 4 is 11.6 Å². The molecule has 0 aromatic carbocycles. The fraction of sp³-hybridized carbons (Fsp3) is 0.765. The summed E-state index contributed by atoms with van der Waals surface area (Å²) in [7, 11) is 0. The Labute approximate surface area is 127 Å². The van der Waals surface area contributed by atoms with Crippen LogP contribution in [0, 0.1) is 23.7 Å². The Kier molecular flexibility index (Phi) is 3.19. The molecule has 2 bridgehead atoms. The van der Waals surface area contributed by atoms with Gasteiger partial charge in [0.05, 0.1) is 0 Å². The monoisotopic (exact) mass is 288 g/mol. The van der Waals surface area contributed by atoms with Crippen LogP contribution in [0.1, 0.15) is 58.3 Å². The molecule has 4 heteroatoms. The summed E-state index contributed by atoms with van der Waals surface area (Å²) in [5.41, 5.74) is 7.73. The number of hydrogen-bond donors (Lipinski definition) is 2. The fourth-order valence-corrected chi connectivity index (χ4v) is 4.68. The zero-order chi connectivity index (χ0) is 15.4. The first-order valence-electron chi connectivity index (χ1n) is 8.17. The fourth-order valence-electron chi connectivity index (χ4n) is 4.68. The molecule has 116 valence electrons. The van der Waals surface area contributed by atoms with Gasteiger partial charge < -0.3 is 11.1 Å². The van der Waals surface area contributed by atoms with Crippen molar-refractivity contribution in [2.75, 3.05) is 11.1 Å². The van der Waals surface area contributed by atoms with E-state index in [9.17, 15) is 0 Å². The number of hydrogen-bond acceptors (Lipinski definition) is 4. The van der Waals surface area contributed by atoms with Crippen LogP contribution in [0.3, 0.4) is 0 Å². The highest BCUT2D eigenvalue weighted by molar-refractivity contribution is 5.56. The van der Waals surface area contributed by atoms with Crippen LogP contribution in [0.5, 0.6) is 0 Å². The summed E-state index contributed by atoms with van der Waals surface area (Å²) in [6, 6.07) is 0.460. The maximum atomic E-state index is 6.06. The van der Waals surface area contributed by atoms with Crippen molar-refractivity contribution in [3.05, 3.63) is 11.4 Å². The van der Waals surface area contributed by atoms with Gasteiger partial charge in [-0.3, -0.25) is 0 Å². The van der Waals surface area contributed by atoms with Crippen molar-refractivity contribution in [3.63, 3.8) is 0 Å². The molecule has 3 atom stereocenters. The van der Waals surface area contributed by atoms with Gasteiger partial charge in [0.1, 0.15) is 17.5 Å². The molecule has 4 nitrogen and oxygen atoms in total. The van der Waals surface area contributed by atoms with Gasteiger partial charge in [0.2, 0.25) is 0 Å². The summed E-state index contributed by atoms with van der Waals surface area (Å²) in [6.45, 7) is 11.3. The predicted molar refractivity (Wildman–Crippen MR) is 87.2 cm³/mol. The maximum absolute atomic E-state index is 6.06. The topological polar surface area (TPSA) is 63.8 Å². The number of fused-ring (bicyclic) bond motifs is 2. The Morgan fingerprint density at radius 1 is 1.29 bits per heavy atom. The van der Waals surface area contributed by atoms with Crippen LogP contribution in [-0.2, 0) is 6.42 Å². The molecule has 0 radical (unpaired) electrons. The second kappa shape index (κ2) is 4.59. The van der Waals surface area contributed by atoms with E-state index in [1.807, 2.05) is 6.92 Å². The molecule has 0 amide bonds. The number of anilines is 2. The smallest absolute Gasteiger partial charge is 0.135 e. The third kappa shape index (κ3) is 2.11. The van der Waals surface area contributed by atoms with Crippen LogP contribution in [0.4, 0.5) is 11.6 Å². The first kappa shape index (κ1) is 14.6. The highest BCUT2D eigenvalue weighted by Gasteiger charge is 2.59. The quantitative estimate of drug-likeness (QED) is 0.892. The number of aryl methyl sites for hydroxylation is 1. The first-order chi connectivity index (χ1) is 9.78. The zero-order valence-electron chi connectivity index (χ0n) is 14.0. The van der Waals surface area contributed by atoms with E-state index in [1.54, 1.807) is 0 Å². The molecule has 1 aromatic rings. The lowest BCUT2D eigenvalue weighted by Crippen LogP contribution is -2.46. The molecule has 2 aliphatic rings. The normalized spacial score (nSPS) is 33.4. The van der Waals surface area contributed by atoms with Gasteiger partial charge in [0.15, 0.2) is 0 Å². The van der Waals surface area contributed by atoms with Gasteiger partial charge in [-0.1, -0.05) is 27.7 Å². The molecular formula is C17H28N4. The third-order valence-electron chi connectivity index (χ3n) is 6.10. The van der Waals surface area contributed by atoms with E-state index < -0.39 is 0 Å². The van der Waals surface area contributed by atoms with Crippen molar-refractivity contribution in [1.82, 2.24) is 9.97 Å². The predicted octanol–water partition coefficient (Wildman–Crippen LogP) is 3.56. The van der Waals surface area contributed by atoms with E-state index in [0.717, 1.165) is 29.5 Å². The van der Waals surface area contributed by atoms with Gasteiger partial charge in [0, 0.05) is 18.0 Å². The largest absolute Gasteiger partial charge is 0.383 e. The van der Waals surface area contributed by atoms with E-state index >= 15 is 0 Å². The number of nitrogens with one attached hydrogen (secondary N) is 1. The number of nitrogens with two attached hydrogens (primary N) is 1. The van der Waals surface area contributed by atoms with Gasteiger partial charge in [0.25, 0.3) is 0 Å². The minimum atomic E-state index is 0.311. The van der Waals surface area contributed by atoms with Gasteiger partial charge in [-0.2, -0.15) is 0 Å². The van der Waals surface area contributed by atoms with Crippen LogP contribution in [0.2, 0.25) is 0 Å². The minimum Gasteiger partial charge on any atom is -0.383 e. The molecule has 2 fully saturated rings. The van der Waals surface area contributed by atoms with Crippen LogP contribution < -0.4 is 11.1 Å². The molecule has 2 saturated carbocycles. The van der Waals surface area contributed by atoms with Gasteiger partial charge in [-0.05, 0) is 42.9 Å². The Hall–Kier alpha value is -1.32. The lowest BCUT2D eigenvalue weighted by atomic mass is 9.68. The summed E-state index contributed by atoms with van der Waals surface area (Å²) >= 11 is 0. The third-order valence-corrected chi connectivity index (χ3v) is 6.10. The van der Waals surface area contributed by atoms with Gasteiger partial charge in [-0.15, -0.1) is 0 Å². The van der Waals surface area contributed by atoms with Gasteiger partial charge in [-0.25, -0.2) is 9.97 Å². The van der Waals surface area contributed by atoms with Crippen LogP contribution in [0.25, 0.3) is 0 Å². The SMILES string of the molecule is CCc1nc(N)c(C)c(NC2C3(C)CCC(C3)C2(C)C)n1. The summed E-state index contributed by atoms with van der Waals surface area (Å²) in [6.07, 6.45) is 4.83. The van der Waals surface area contributed by atoms with E-state index in [1.165, 1.54) is 19.3 Å². The number of nitrogen functional groups attached to an aromatic ring is 1. The number of nitrogens with zero attached hydrogens (tertiary/aromatic N) is 2.